The summed E-state index contributed by atoms with van der Waals surface area (Å²) in [5.74, 6) is 0. The maximum atomic E-state index is 5.60. The van der Waals surface area contributed by atoms with Gasteiger partial charge in [0.25, 0.3) is 0 Å². The number of anilines is 1. The summed E-state index contributed by atoms with van der Waals surface area (Å²) in [7, 11) is 0. The fraction of sp³-hybridized carbons (Fsp3) is 0. The molecule has 0 saturated heterocycles. The Morgan fingerprint density at radius 3 is 3.00 bits per heavy atom. The van der Waals surface area contributed by atoms with Gasteiger partial charge < -0.3 is 5.73 Å². The van der Waals surface area contributed by atoms with Crippen molar-refractivity contribution in [1.29, 1.82) is 0 Å². The third-order valence-electron chi connectivity index (χ3n) is 1.52. The molecule has 0 saturated carbocycles. The Balaban J connectivity index is 2.25. The number of aromatic nitrogens is 1. The number of pyridine rings is 1. The molecule has 0 spiro atoms. The summed E-state index contributed by atoms with van der Waals surface area (Å²) in [6, 6.07) is 5.96. The lowest BCUT2D eigenvalue weighted by atomic mass is 10.4. The number of thiophene rings is 1. The predicted molar refractivity (Wildman–Crippen MR) is 64.8 cm³/mol. The average molecular weight is 287 g/mol. The highest BCUT2D eigenvalue weighted by atomic mass is 79.9. The molecule has 72 valence electrons. The van der Waals surface area contributed by atoms with Gasteiger partial charge in [0, 0.05) is 0 Å². The molecule has 0 bridgehead atoms. The van der Waals surface area contributed by atoms with Crippen LogP contribution in [0.5, 0.6) is 0 Å². The van der Waals surface area contributed by atoms with Crippen LogP contribution in [0.3, 0.4) is 0 Å². The third-order valence-corrected chi connectivity index (χ3v) is 4.44. The highest BCUT2D eigenvalue weighted by Crippen LogP contribution is 2.34. The van der Waals surface area contributed by atoms with E-state index < -0.39 is 0 Å². The van der Waals surface area contributed by atoms with Crippen molar-refractivity contribution in [3.8, 4) is 0 Å². The quantitative estimate of drug-likeness (QED) is 0.916. The molecule has 0 fully saturated rings. The van der Waals surface area contributed by atoms with Gasteiger partial charge in [-0.1, -0.05) is 17.8 Å². The number of rotatable bonds is 2. The maximum Gasteiger partial charge on any atom is 0.116 e. The number of halogens is 1. The van der Waals surface area contributed by atoms with Crippen molar-refractivity contribution in [3.05, 3.63) is 34.2 Å². The summed E-state index contributed by atoms with van der Waals surface area (Å²) in [5.41, 5.74) is 6.28. The van der Waals surface area contributed by atoms with Crippen molar-refractivity contribution in [1.82, 2.24) is 4.98 Å². The van der Waals surface area contributed by atoms with E-state index in [1.54, 1.807) is 29.3 Å². The number of nitrogen functional groups attached to an aromatic ring is 1. The molecule has 0 atom stereocenters. The Kier molecular flexibility index (Phi) is 3.10. The zero-order valence-corrected chi connectivity index (χ0v) is 10.3. The second-order valence-corrected chi connectivity index (χ2v) is 5.68. The van der Waals surface area contributed by atoms with Gasteiger partial charge in [0.15, 0.2) is 0 Å². The number of hydrogen-bond acceptors (Lipinski definition) is 4. The Labute approximate surface area is 98.7 Å². The van der Waals surface area contributed by atoms with Crippen LogP contribution in [0.1, 0.15) is 0 Å². The van der Waals surface area contributed by atoms with E-state index in [0.717, 1.165) is 9.50 Å². The highest BCUT2D eigenvalue weighted by molar-refractivity contribution is 9.10. The van der Waals surface area contributed by atoms with Gasteiger partial charge in [-0.25, -0.2) is 4.98 Å². The lowest BCUT2D eigenvalue weighted by molar-refractivity contribution is 1.11. The van der Waals surface area contributed by atoms with Gasteiger partial charge in [-0.2, -0.15) is 0 Å². The zero-order chi connectivity index (χ0) is 9.97. The maximum absolute atomic E-state index is 5.60. The van der Waals surface area contributed by atoms with E-state index in [0.29, 0.717) is 5.69 Å². The molecule has 2 N–H and O–H groups in total. The Morgan fingerprint density at radius 1 is 1.50 bits per heavy atom. The fourth-order valence-corrected chi connectivity index (χ4v) is 3.18. The van der Waals surface area contributed by atoms with Gasteiger partial charge in [0.1, 0.15) is 5.03 Å². The molecule has 5 heteroatoms. The van der Waals surface area contributed by atoms with Crippen molar-refractivity contribution < 1.29 is 0 Å². The monoisotopic (exact) mass is 286 g/mol. The molecule has 2 aromatic heterocycles. The normalized spacial score (nSPS) is 10.4. The van der Waals surface area contributed by atoms with E-state index in [9.17, 15) is 0 Å². The molecule has 0 radical (unpaired) electrons. The summed E-state index contributed by atoms with van der Waals surface area (Å²) >= 11 is 6.77. The molecule has 14 heavy (non-hydrogen) atoms. The SMILES string of the molecule is Nc1cnc(Sc2cccs2)c(Br)c1. The standard InChI is InChI=1S/C9H7BrN2S2/c10-7-4-6(11)5-12-9(7)14-8-2-1-3-13-8/h1-5H,11H2. The first kappa shape index (κ1) is 10.0. The minimum Gasteiger partial charge on any atom is -0.397 e. The van der Waals surface area contributed by atoms with Crippen LogP contribution in [0.4, 0.5) is 5.69 Å². The summed E-state index contributed by atoms with van der Waals surface area (Å²) in [4.78, 5) is 4.25. The molecule has 0 aliphatic heterocycles. The second-order valence-electron chi connectivity index (χ2n) is 2.59. The molecular weight excluding hydrogens is 280 g/mol. The molecule has 2 heterocycles. The average Bonchev–Trinajstić information content (AvgIpc) is 2.62. The van der Waals surface area contributed by atoms with E-state index in [1.807, 2.05) is 17.5 Å². The van der Waals surface area contributed by atoms with Crippen LogP contribution in [0.25, 0.3) is 0 Å². The van der Waals surface area contributed by atoms with Crippen molar-refractivity contribution >= 4 is 44.7 Å². The number of nitrogens with two attached hydrogens (primary N) is 1. The predicted octanol–water partition coefficient (Wildman–Crippen LogP) is 3.64. The zero-order valence-electron chi connectivity index (χ0n) is 7.11. The van der Waals surface area contributed by atoms with Gasteiger partial charge >= 0.3 is 0 Å². The molecular formula is C9H7BrN2S2. The largest absolute Gasteiger partial charge is 0.397 e. The smallest absolute Gasteiger partial charge is 0.116 e. The minimum absolute atomic E-state index is 0.674. The van der Waals surface area contributed by atoms with Crippen molar-refractivity contribution in [2.24, 2.45) is 0 Å². The topological polar surface area (TPSA) is 38.9 Å². The van der Waals surface area contributed by atoms with Crippen LogP contribution >= 0.6 is 39.0 Å². The first-order valence-corrected chi connectivity index (χ1v) is 6.37. The lowest BCUT2D eigenvalue weighted by Crippen LogP contribution is -1.88. The molecule has 0 amide bonds. The van der Waals surface area contributed by atoms with Crippen molar-refractivity contribution in [2.45, 2.75) is 9.24 Å². The fourth-order valence-electron chi connectivity index (χ4n) is 0.932. The van der Waals surface area contributed by atoms with Crippen molar-refractivity contribution in [2.75, 3.05) is 5.73 Å². The number of hydrogen-bond donors (Lipinski definition) is 1. The highest BCUT2D eigenvalue weighted by Gasteiger charge is 2.04. The Bertz CT molecular complexity index is 428. The van der Waals surface area contributed by atoms with Crippen LogP contribution in [0, 0.1) is 0 Å². The van der Waals surface area contributed by atoms with Gasteiger partial charge in [0.2, 0.25) is 0 Å². The van der Waals surface area contributed by atoms with Crippen LogP contribution in [0.15, 0.2) is 43.5 Å². The molecule has 0 aliphatic carbocycles. The number of nitrogens with zero attached hydrogens (tertiary/aromatic N) is 1. The Hall–Kier alpha value is -0.520. The van der Waals surface area contributed by atoms with Gasteiger partial charge in [-0.15, -0.1) is 11.3 Å². The van der Waals surface area contributed by atoms with Crippen LogP contribution in [0.2, 0.25) is 0 Å². The summed E-state index contributed by atoms with van der Waals surface area (Å²) in [6.07, 6.45) is 1.67. The third kappa shape index (κ3) is 2.29. The van der Waals surface area contributed by atoms with Crippen LogP contribution < -0.4 is 5.73 Å². The molecule has 2 nitrogen and oxygen atoms in total. The molecule has 2 rings (SSSR count). The molecule has 2 aromatic rings. The summed E-state index contributed by atoms with van der Waals surface area (Å²) < 4.78 is 2.17. The first-order chi connectivity index (χ1) is 6.75. The first-order valence-electron chi connectivity index (χ1n) is 3.88. The Morgan fingerprint density at radius 2 is 2.36 bits per heavy atom. The van der Waals surface area contributed by atoms with Crippen molar-refractivity contribution in [3.63, 3.8) is 0 Å². The van der Waals surface area contributed by atoms with E-state index in [4.69, 9.17) is 5.73 Å². The molecule has 0 aromatic carbocycles. The van der Waals surface area contributed by atoms with E-state index >= 15 is 0 Å². The van der Waals surface area contributed by atoms with E-state index in [-0.39, 0.29) is 0 Å². The van der Waals surface area contributed by atoms with Gasteiger partial charge in [0.05, 0.1) is 20.6 Å². The van der Waals surface area contributed by atoms with E-state index in [2.05, 4.69) is 27.0 Å². The minimum atomic E-state index is 0.674. The molecule has 0 unspecified atom stereocenters. The van der Waals surface area contributed by atoms with Gasteiger partial charge in [-0.3, -0.25) is 0 Å². The van der Waals surface area contributed by atoms with E-state index in [1.165, 1.54) is 4.21 Å². The second kappa shape index (κ2) is 4.33. The van der Waals surface area contributed by atoms with Gasteiger partial charge in [-0.05, 0) is 33.4 Å². The van der Waals surface area contributed by atoms with Crippen LogP contribution in [-0.2, 0) is 0 Å². The lowest BCUT2D eigenvalue weighted by Gasteiger charge is -2.01. The summed E-state index contributed by atoms with van der Waals surface area (Å²) in [6.45, 7) is 0. The molecule has 0 aliphatic rings. The summed E-state index contributed by atoms with van der Waals surface area (Å²) in [5, 5.41) is 3.00. The van der Waals surface area contributed by atoms with Crippen LogP contribution in [-0.4, -0.2) is 4.98 Å².